The molecule has 25 heavy (non-hydrogen) atoms. The molecule has 0 spiro atoms. The van der Waals surface area contributed by atoms with Gasteiger partial charge in [0.05, 0.1) is 6.42 Å². The molecule has 0 aliphatic carbocycles. The zero-order valence-corrected chi connectivity index (χ0v) is 15.6. The van der Waals surface area contributed by atoms with Crippen LogP contribution in [0.4, 0.5) is 4.79 Å². The van der Waals surface area contributed by atoms with E-state index in [9.17, 15) is 19.2 Å². The van der Waals surface area contributed by atoms with E-state index >= 15 is 0 Å². The Morgan fingerprint density at radius 1 is 0.840 bits per heavy atom. The van der Waals surface area contributed by atoms with Crippen molar-refractivity contribution in [3.05, 3.63) is 0 Å². The predicted molar refractivity (Wildman–Crippen MR) is 84.8 cm³/mol. The molecule has 0 saturated heterocycles. The molecule has 1 N–H and O–H groups in total. The zero-order chi connectivity index (χ0) is 20.0. The molecule has 0 radical (unpaired) electrons. The second-order valence-corrected chi connectivity index (χ2v) is 7.28. The average molecular weight is 362 g/mol. The van der Waals surface area contributed by atoms with Crippen LogP contribution < -0.4 is 0 Å². The standard InChI is InChI=1S/C16H26O9/c1-9(12(19)24-15(2,3)4)22-13(20)10(8-11(17)18)23-14(21)25-16(5,6)7/h9-10H,8H2,1-7H3,(H,17,18). The number of rotatable bonds is 6. The largest absolute Gasteiger partial charge is 0.509 e. The van der Waals surface area contributed by atoms with Crippen molar-refractivity contribution in [2.45, 2.75) is 78.3 Å². The minimum Gasteiger partial charge on any atom is -0.481 e. The summed E-state index contributed by atoms with van der Waals surface area (Å²) in [6.45, 7) is 10.9. The van der Waals surface area contributed by atoms with E-state index in [2.05, 4.69) is 0 Å². The molecule has 0 aliphatic rings. The first-order valence-corrected chi connectivity index (χ1v) is 7.65. The van der Waals surface area contributed by atoms with Gasteiger partial charge in [-0.1, -0.05) is 0 Å². The summed E-state index contributed by atoms with van der Waals surface area (Å²) in [5, 5.41) is 8.84. The molecule has 0 aromatic heterocycles. The summed E-state index contributed by atoms with van der Waals surface area (Å²) < 4.78 is 19.5. The van der Waals surface area contributed by atoms with Gasteiger partial charge in [-0.25, -0.2) is 14.4 Å². The number of hydrogen-bond donors (Lipinski definition) is 1. The van der Waals surface area contributed by atoms with Crippen LogP contribution in [0.1, 0.15) is 54.9 Å². The fraction of sp³-hybridized carbons (Fsp3) is 0.750. The summed E-state index contributed by atoms with van der Waals surface area (Å²) in [6.07, 6.45) is -5.11. The number of aliphatic carboxylic acids is 1. The Morgan fingerprint density at radius 2 is 1.32 bits per heavy atom. The highest BCUT2D eigenvalue weighted by molar-refractivity contribution is 5.85. The SMILES string of the molecule is CC(OC(=O)C(CC(=O)O)OC(=O)OC(C)(C)C)C(=O)OC(C)(C)C. The van der Waals surface area contributed by atoms with E-state index < -0.39 is 53.9 Å². The van der Waals surface area contributed by atoms with Gasteiger partial charge in [-0.15, -0.1) is 0 Å². The summed E-state index contributed by atoms with van der Waals surface area (Å²) in [5.41, 5.74) is -1.68. The second-order valence-electron chi connectivity index (χ2n) is 7.28. The lowest BCUT2D eigenvalue weighted by Crippen LogP contribution is -2.39. The number of carboxylic acid groups (broad SMARTS) is 1. The van der Waals surface area contributed by atoms with Crippen LogP contribution in [0.15, 0.2) is 0 Å². The minimum atomic E-state index is -1.75. The molecule has 144 valence electrons. The van der Waals surface area contributed by atoms with Gasteiger partial charge in [0.25, 0.3) is 0 Å². The molecule has 9 nitrogen and oxygen atoms in total. The Hall–Kier alpha value is -2.32. The van der Waals surface area contributed by atoms with Crippen LogP contribution in [-0.4, -0.2) is 52.6 Å². The van der Waals surface area contributed by atoms with Gasteiger partial charge in [-0.3, -0.25) is 4.79 Å². The molecule has 0 fully saturated rings. The summed E-state index contributed by atoms with van der Waals surface area (Å²) >= 11 is 0. The normalized spacial score (nSPS) is 14.0. The third-order valence-electron chi connectivity index (χ3n) is 2.28. The zero-order valence-electron chi connectivity index (χ0n) is 15.6. The Balaban J connectivity index is 4.92. The first-order chi connectivity index (χ1) is 11.1. The number of esters is 2. The van der Waals surface area contributed by atoms with Crippen molar-refractivity contribution in [2.24, 2.45) is 0 Å². The van der Waals surface area contributed by atoms with E-state index in [1.807, 2.05) is 0 Å². The Kier molecular flexibility index (Phi) is 7.88. The van der Waals surface area contributed by atoms with Crippen LogP contribution in [0.25, 0.3) is 0 Å². The van der Waals surface area contributed by atoms with Crippen molar-refractivity contribution in [3.63, 3.8) is 0 Å². The topological polar surface area (TPSA) is 125 Å². The van der Waals surface area contributed by atoms with Gasteiger partial charge in [0, 0.05) is 0 Å². The number of hydrogen-bond acceptors (Lipinski definition) is 8. The molecule has 0 saturated carbocycles. The van der Waals surface area contributed by atoms with Gasteiger partial charge < -0.3 is 24.1 Å². The van der Waals surface area contributed by atoms with Crippen LogP contribution in [0, 0.1) is 0 Å². The first-order valence-electron chi connectivity index (χ1n) is 7.65. The van der Waals surface area contributed by atoms with Gasteiger partial charge in [-0.2, -0.15) is 0 Å². The number of carbonyl (C=O) groups excluding carboxylic acids is 3. The van der Waals surface area contributed by atoms with E-state index in [0.717, 1.165) is 0 Å². The lowest BCUT2D eigenvalue weighted by atomic mass is 10.2. The van der Waals surface area contributed by atoms with E-state index in [0.29, 0.717) is 0 Å². The number of ether oxygens (including phenoxy) is 4. The van der Waals surface area contributed by atoms with Crippen molar-refractivity contribution < 1.29 is 43.2 Å². The molecule has 0 heterocycles. The summed E-state index contributed by atoms with van der Waals surface area (Å²) in [7, 11) is 0. The fourth-order valence-electron chi connectivity index (χ4n) is 1.40. The maximum absolute atomic E-state index is 12.0. The first kappa shape index (κ1) is 22.7. The van der Waals surface area contributed by atoms with Crippen LogP contribution >= 0.6 is 0 Å². The second kappa shape index (κ2) is 8.68. The van der Waals surface area contributed by atoms with E-state index in [1.165, 1.54) is 6.92 Å². The van der Waals surface area contributed by atoms with Crippen LogP contribution in [0.3, 0.4) is 0 Å². The van der Waals surface area contributed by atoms with Crippen LogP contribution in [0.5, 0.6) is 0 Å². The highest BCUT2D eigenvalue weighted by Crippen LogP contribution is 2.14. The molecule has 9 heteroatoms. The minimum absolute atomic E-state index is 0.786. The van der Waals surface area contributed by atoms with Crippen molar-refractivity contribution >= 4 is 24.1 Å². The average Bonchev–Trinajstić information content (AvgIpc) is 2.32. The highest BCUT2D eigenvalue weighted by Gasteiger charge is 2.33. The summed E-state index contributed by atoms with van der Waals surface area (Å²) in [6, 6.07) is 0. The molecule has 0 aromatic carbocycles. The highest BCUT2D eigenvalue weighted by atomic mass is 16.7. The van der Waals surface area contributed by atoms with Gasteiger partial charge >= 0.3 is 24.1 Å². The van der Waals surface area contributed by atoms with E-state index in [-0.39, 0.29) is 0 Å². The van der Waals surface area contributed by atoms with Crippen LogP contribution in [-0.2, 0) is 33.3 Å². The maximum Gasteiger partial charge on any atom is 0.509 e. The maximum atomic E-state index is 12.0. The van der Waals surface area contributed by atoms with Crippen molar-refractivity contribution in [1.29, 1.82) is 0 Å². The third-order valence-corrected chi connectivity index (χ3v) is 2.28. The fourth-order valence-corrected chi connectivity index (χ4v) is 1.40. The quantitative estimate of drug-likeness (QED) is 0.558. The molecule has 0 bridgehead atoms. The molecular weight excluding hydrogens is 336 g/mol. The molecule has 0 aliphatic heterocycles. The lowest BCUT2D eigenvalue weighted by Gasteiger charge is -2.24. The van der Waals surface area contributed by atoms with E-state index in [1.54, 1.807) is 41.5 Å². The van der Waals surface area contributed by atoms with Crippen molar-refractivity contribution in [3.8, 4) is 0 Å². The molecule has 0 aromatic rings. The number of carbonyl (C=O) groups is 4. The van der Waals surface area contributed by atoms with Gasteiger partial charge in [0.1, 0.15) is 11.2 Å². The lowest BCUT2D eigenvalue weighted by molar-refractivity contribution is -0.180. The van der Waals surface area contributed by atoms with Crippen molar-refractivity contribution in [2.75, 3.05) is 0 Å². The Morgan fingerprint density at radius 3 is 1.72 bits per heavy atom. The molecule has 2 unspecified atom stereocenters. The summed E-state index contributed by atoms with van der Waals surface area (Å²) in [4.78, 5) is 46.3. The van der Waals surface area contributed by atoms with Crippen LogP contribution in [0.2, 0.25) is 0 Å². The molecule has 0 rings (SSSR count). The Bertz CT molecular complexity index is 511. The molecule has 0 amide bonds. The van der Waals surface area contributed by atoms with E-state index in [4.69, 9.17) is 24.1 Å². The monoisotopic (exact) mass is 362 g/mol. The van der Waals surface area contributed by atoms with Crippen molar-refractivity contribution in [1.82, 2.24) is 0 Å². The Labute approximate surface area is 146 Å². The third kappa shape index (κ3) is 11.0. The van der Waals surface area contributed by atoms with Gasteiger partial charge in [0.15, 0.2) is 6.10 Å². The van der Waals surface area contributed by atoms with Gasteiger partial charge in [0.2, 0.25) is 6.10 Å². The number of carboxylic acids is 1. The molecular formula is C16H26O9. The smallest absolute Gasteiger partial charge is 0.481 e. The predicted octanol–water partition coefficient (Wildman–Crippen LogP) is 2.05. The van der Waals surface area contributed by atoms with Gasteiger partial charge in [-0.05, 0) is 48.5 Å². The summed E-state index contributed by atoms with van der Waals surface area (Å²) in [5.74, 6) is -3.39. The molecule has 2 atom stereocenters.